The number of nitrogens with zero attached hydrogens (tertiary/aromatic N) is 3. The molecule has 2 heterocycles. The molecule has 1 N–H and O–H groups in total. The van der Waals surface area contributed by atoms with Crippen molar-refractivity contribution in [2.75, 3.05) is 32.7 Å². The van der Waals surface area contributed by atoms with E-state index in [4.69, 9.17) is 0 Å². The highest BCUT2D eigenvalue weighted by Gasteiger charge is 2.07. The van der Waals surface area contributed by atoms with Crippen LogP contribution in [0.5, 0.6) is 0 Å². The molecule has 0 saturated carbocycles. The van der Waals surface area contributed by atoms with E-state index in [9.17, 15) is 0 Å². The number of aromatic nitrogens is 2. The molecule has 0 aromatic carbocycles. The van der Waals surface area contributed by atoms with Crippen molar-refractivity contribution in [3.05, 3.63) is 18.5 Å². The first-order chi connectivity index (χ1) is 6.95. The van der Waals surface area contributed by atoms with Gasteiger partial charge in [-0.2, -0.15) is 5.10 Å². The summed E-state index contributed by atoms with van der Waals surface area (Å²) in [6, 6.07) is 1.98. The molecule has 0 bridgehead atoms. The fourth-order valence-corrected chi connectivity index (χ4v) is 1.80. The zero-order valence-electron chi connectivity index (χ0n) is 8.52. The fraction of sp³-hybridized carbons (Fsp3) is 0.700. The van der Waals surface area contributed by atoms with Gasteiger partial charge in [0.2, 0.25) is 0 Å². The summed E-state index contributed by atoms with van der Waals surface area (Å²) >= 11 is 0. The summed E-state index contributed by atoms with van der Waals surface area (Å²) in [6.07, 6.45) is 5.12. The molecule has 2 rings (SSSR count). The molecule has 78 valence electrons. The molecule has 1 fully saturated rings. The Labute approximate surface area is 84.9 Å². The molecule has 0 spiro atoms. The van der Waals surface area contributed by atoms with Crippen molar-refractivity contribution in [2.24, 2.45) is 0 Å². The van der Waals surface area contributed by atoms with Crippen LogP contribution in [0.3, 0.4) is 0 Å². The summed E-state index contributed by atoms with van der Waals surface area (Å²) in [6.45, 7) is 6.79. The Morgan fingerprint density at radius 1 is 1.21 bits per heavy atom. The predicted molar refractivity (Wildman–Crippen MR) is 56.2 cm³/mol. The average molecular weight is 194 g/mol. The summed E-state index contributed by atoms with van der Waals surface area (Å²) in [4.78, 5) is 2.50. The minimum atomic E-state index is 1.01. The van der Waals surface area contributed by atoms with Crippen LogP contribution >= 0.6 is 0 Å². The van der Waals surface area contributed by atoms with Gasteiger partial charge in [0, 0.05) is 32.0 Å². The van der Waals surface area contributed by atoms with Gasteiger partial charge in [0.25, 0.3) is 0 Å². The molecule has 14 heavy (non-hydrogen) atoms. The van der Waals surface area contributed by atoms with Crippen molar-refractivity contribution in [2.45, 2.75) is 13.0 Å². The second kappa shape index (κ2) is 5.12. The van der Waals surface area contributed by atoms with Gasteiger partial charge in [-0.05, 0) is 25.6 Å². The highest BCUT2D eigenvalue weighted by atomic mass is 15.3. The van der Waals surface area contributed by atoms with Crippen molar-refractivity contribution >= 4 is 0 Å². The van der Waals surface area contributed by atoms with Crippen LogP contribution in [0.15, 0.2) is 18.5 Å². The third-order valence-corrected chi connectivity index (χ3v) is 2.64. The Morgan fingerprint density at radius 2 is 2.21 bits per heavy atom. The van der Waals surface area contributed by atoms with Crippen molar-refractivity contribution < 1.29 is 0 Å². The summed E-state index contributed by atoms with van der Waals surface area (Å²) in [5, 5.41) is 7.60. The maximum atomic E-state index is 4.20. The van der Waals surface area contributed by atoms with Crippen molar-refractivity contribution in [1.29, 1.82) is 0 Å². The van der Waals surface area contributed by atoms with Crippen molar-refractivity contribution in [3.63, 3.8) is 0 Å². The maximum absolute atomic E-state index is 4.20. The van der Waals surface area contributed by atoms with Gasteiger partial charge in [0.05, 0.1) is 6.54 Å². The molecule has 0 amide bonds. The van der Waals surface area contributed by atoms with E-state index in [1.807, 2.05) is 23.1 Å². The molecular weight excluding hydrogens is 176 g/mol. The molecule has 1 aromatic rings. The molecule has 4 nitrogen and oxygen atoms in total. The summed E-state index contributed by atoms with van der Waals surface area (Å²) in [5.41, 5.74) is 0. The van der Waals surface area contributed by atoms with Crippen LogP contribution in [0.1, 0.15) is 6.42 Å². The van der Waals surface area contributed by atoms with Crippen LogP contribution in [0.2, 0.25) is 0 Å². The Kier molecular flexibility index (Phi) is 3.54. The monoisotopic (exact) mass is 194 g/mol. The first-order valence-electron chi connectivity index (χ1n) is 5.36. The number of nitrogens with one attached hydrogen (secondary N) is 1. The lowest BCUT2D eigenvalue weighted by atomic mass is 10.4. The van der Waals surface area contributed by atoms with Crippen molar-refractivity contribution in [3.8, 4) is 0 Å². The zero-order chi connectivity index (χ0) is 9.64. The van der Waals surface area contributed by atoms with E-state index in [-0.39, 0.29) is 0 Å². The standard InChI is InChI=1S/C10H18N4/c1-3-11-5-8-13(6-1)9-10-14-7-2-4-12-14/h2,4,7,11H,1,3,5-6,8-10H2. The van der Waals surface area contributed by atoms with E-state index < -0.39 is 0 Å². The largest absolute Gasteiger partial charge is 0.315 e. The third-order valence-electron chi connectivity index (χ3n) is 2.64. The Bertz CT molecular complexity index is 237. The highest BCUT2D eigenvalue weighted by Crippen LogP contribution is 1.96. The molecule has 0 unspecified atom stereocenters. The van der Waals surface area contributed by atoms with E-state index in [1.165, 1.54) is 19.5 Å². The van der Waals surface area contributed by atoms with Gasteiger partial charge in [0.1, 0.15) is 0 Å². The summed E-state index contributed by atoms with van der Waals surface area (Å²) in [7, 11) is 0. The van der Waals surface area contributed by atoms with E-state index >= 15 is 0 Å². The molecule has 0 atom stereocenters. The lowest BCUT2D eigenvalue weighted by molar-refractivity contribution is 0.275. The van der Waals surface area contributed by atoms with Gasteiger partial charge < -0.3 is 10.2 Å². The molecule has 1 aliphatic heterocycles. The molecular formula is C10H18N4. The smallest absolute Gasteiger partial charge is 0.0536 e. The van der Waals surface area contributed by atoms with Crippen LogP contribution in [0.4, 0.5) is 0 Å². The highest BCUT2D eigenvalue weighted by molar-refractivity contribution is 4.78. The Morgan fingerprint density at radius 3 is 3.07 bits per heavy atom. The van der Waals surface area contributed by atoms with Crippen LogP contribution in [-0.4, -0.2) is 47.4 Å². The van der Waals surface area contributed by atoms with E-state index in [0.29, 0.717) is 0 Å². The molecule has 0 aliphatic carbocycles. The Balaban J connectivity index is 1.73. The van der Waals surface area contributed by atoms with Gasteiger partial charge in [-0.15, -0.1) is 0 Å². The maximum Gasteiger partial charge on any atom is 0.0536 e. The number of rotatable bonds is 3. The second-order valence-electron chi connectivity index (χ2n) is 3.71. The molecule has 0 radical (unpaired) electrons. The second-order valence-corrected chi connectivity index (χ2v) is 3.71. The van der Waals surface area contributed by atoms with Gasteiger partial charge in [-0.1, -0.05) is 0 Å². The minimum absolute atomic E-state index is 1.01. The fourth-order valence-electron chi connectivity index (χ4n) is 1.80. The van der Waals surface area contributed by atoms with Gasteiger partial charge in [-0.25, -0.2) is 0 Å². The van der Waals surface area contributed by atoms with Gasteiger partial charge in [-0.3, -0.25) is 4.68 Å². The predicted octanol–water partition coefficient (Wildman–Crippen LogP) is 0.178. The molecule has 1 aliphatic rings. The normalized spacial score (nSPS) is 19.4. The molecule has 4 heteroatoms. The quantitative estimate of drug-likeness (QED) is 0.745. The SMILES string of the molecule is c1cnn(CCN2CCCNCC2)c1. The zero-order valence-corrected chi connectivity index (χ0v) is 8.52. The van der Waals surface area contributed by atoms with E-state index in [0.717, 1.165) is 26.2 Å². The number of hydrogen-bond donors (Lipinski definition) is 1. The van der Waals surface area contributed by atoms with Gasteiger partial charge >= 0.3 is 0 Å². The van der Waals surface area contributed by atoms with Gasteiger partial charge in [0.15, 0.2) is 0 Å². The first-order valence-corrected chi connectivity index (χ1v) is 5.36. The number of hydrogen-bond acceptors (Lipinski definition) is 3. The lowest BCUT2D eigenvalue weighted by Gasteiger charge is -2.18. The van der Waals surface area contributed by atoms with Crippen LogP contribution < -0.4 is 5.32 Å². The van der Waals surface area contributed by atoms with Crippen LogP contribution in [0.25, 0.3) is 0 Å². The van der Waals surface area contributed by atoms with Crippen molar-refractivity contribution in [1.82, 2.24) is 20.0 Å². The lowest BCUT2D eigenvalue weighted by Crippen LogP contribution is -2.31. The average Bonchev–Trinajstić information content (AvgIpc) is 2.58. The molecule has 1 saturated heterocycles. The third kappa shape index (κ3) is 2.82. The van der Waals surface area contributed by atoms with E-state index in [1.54, 1.807) is 0 Å². The summed E-state index contributed by atoms with van der Waals surface area (Å²) < 4.78 is 2.00. The topological polar surface area (TPSA) is 33.1 Å². The Hall–Kier alpha value is -0.870. The minimum Gasteiger partial charge on any atom is -0.315 e. The molecule has 1 aromatic heterocycles. The first kappa shape index (κ1) is 9.68. The van der Waals surface area contributed by atoms with E-state index in [2.05, 4.69) is 15.3 Å². The summed E-state index contributed by atoms with van der Waals surface area (Å²) in [5.74, 6) is 0. The van der Waals surface area contributed by atoms with Crippen LogP contribution in [-0.2, 0) is 6.54 Å². The van der Waals surface area contributed by atoms with Crippen LogP contribution in [0, 0.1) is 0 Å².